The summed E-state index contributed by atoms with van der Waals surface area (Å²) in [5.41, 5.74) is 0.334. The zero-order valence-electron chi connectivity index (χ0n) is 14.2. The van der Waals surface area contributed by atoms with Gasteiger partial charge in [0.1, 0.15) is 0 Å². The van der Waals surface area contributed by atoms with Crippen LogP contribution in [0.3, 0.4) is 0 Å². The lowest BCUT2D eigenvalue weighted by molar-refractivity contribution is -0.116. The van der Waals surface area contributed by atoms with Crippen LogP contribution in [0.2, 0.25) is 0 Å². The summed E-state index contributed by atoms with van der Waals surface area (Å²) in [5.74, 6) is 0.358. The number of piperidine rings is 1. The number of fused-ring (bicyclic) bond motifs is 1. The zero-order valence-corrected chi connectivity index (χ0v) is 15.0. The summed E-state index contributed by atoms with van der Waals surface area (Å²) in [6, 6.07) is 5.35. The molecule has 0 radical (unpaired) electrons. The Morgan fingerprint density at radius 1 is 1.35 bits per heavy atom. The van der Waals surface area contributed by atoms with Crippen molar-refractivity contribution in [2.24, 2.45) is 0 Å². The molecule has 0 saturated carbocycles. The van der Waals surface area contributed by atoms with E-state index in [0.717, 1.165) is 25.9 Å². The Labute approximate surface area is 153 Å². The Hall–Kier alpha value is -2.52. The summed E-state index contributed by atoms with van der Waals surface area (Å²) < 4.78 is 2.78. The van der Waals surface area contributed by atoms with E-state index in [9.17, 15) is 9.59 Å². The standard InChI is InChI=1S/C17H20N6O2S/c24-15(6-10-23-17(25)22-9-2-1-3-14(22)21-23)20-16-19-11-13(26-16)12-4-7-18-8-5-12/h1-3,9,11-12,18H,4-8,10H2,(H,19,20,24). The number of amides is 1. The summed E-state index contributed by atoms with van der Waals surface area (Å²) in [4.78, 5) is 29.9. The van der Waals surface area contributed by atoms with Crippen LogP contribution in [0.4, 0.5) is 5.13 Å². The number of hydrogen-bond acceptors (Lipinski definition) is 6. The molecule has 4 rings (SSSR count). The normalized spacial score (nSPS) is 15.4. The molecule has 1 aliphatic rings. The number of rotatable bonds is 5. The van der Waals surface area contributed by atoms with Crippen LogP contribution in [-0.4, -0.2) is 38.2 Å². The van der Waals surface area contributed by atoms with Crippen LogP contribution in [-0.2, 0) is 11.3 Å². The molecule has 0 aliphatic carbocycles. The van der Waals surface area contributed by atoms with Crippen LogP contribution < -0.4 is 16.3 Å². The lowest BCUT2D eigenvalue weighted by Gasteiger charge is -2.20. The first-order chi connectivity index (χ1) is 12.7. The minimum atomic E-state index is -0.240. The molecule has 1 fully saturated rings. The quantitative estimate of drug-likeness (QED) is 0.707. The number of thiazole rings is 1. The first-order valence-corrected chi connectivity index (χ1v) is 9.53. The van der Waals surface area contributed by atoms with Gasteiger partial charge in [0, 0.05) is 23.7 Å². The summed E-state index contributed by atoms with van der Waals surface area (Å²) in [6.07, 6.45) is 5.91. The summed E-state index contributed by atoms with van der Waals surface area (Å²) >= 11 is 1.54. The van der Waals surface area contributed by atoms with Gasteiger partial charge >= 0.3 is 5.69 Å². The third-order valence-corrected chi connectivity index (χ3v) is 5.63. The average Bonchev–Trinajstić information content (AvgIpc) is 3.26. The summed E-state index contributed by atoms with van der Waals surface area (Å²) in [7, 11) is 0. The maximum atomic E-state index is 12.2. The Balaban J connectivity index is 1.36. The molecular formula is C17H20N6O2S. The number of pyridine rings is 1. The van der Waals surface area contributed by atoms with Gasteiger partial charge in [-0.3, -0.25) is 9.20 Å². The van der Waals surface area contributed by atoms with Gasteiger partial charge in [-0.25, -0.2) is 14.5 Å². The molecule has 3 aromatic rings. The number of nitrogens with zero attached hydrogens (tertiary/aromatic N) is 4. The van der Waals surface area contributed by atoms with Gasteiger partial charge < -0.3 is 10.6 Å². The van der Waals surface area contributed by atoms with Crippen LogP contribution in [0.15, 0.2) is 35.4 Å². The van der Waals surface area contributed by atoms with E-state index >= 15 is 0 Å². The van der Waals surface area contributed by atoms with Crippen molar-refractivity contribution in [2.45, 2.75) is 31.7 Å². The maximum absolute atomic E-state index is 12.2. The van der Waals surface area contributed by atoms with E-state index in [1.807, 2.05) is 12.3 Å². The predicted molar refractivity (Wildman–Crippen MR) is 99.7 cm³/mol. The van der Waals surface area contributed by atoms with Crippen molar-refractivity contribution in [1.82, 2.24) is 24.5 Å². The topological polar surface area (TPSA) is 93.3 Å². The van der Waals surface area contributed by atoms with Gasteiger partial charge in [-0.1, -0.05) is 6.07 Å². The fourth-order valence-electron chi connectivity index (χ4n) is 3.14. The molecule has 2 N–H and O–H groups in total. The Morgan fingerprint density at radius 2 is 2.19 bits per heavy atom. The van der Waals surface area contributed by atoms with Gasteiger partial charge in [0.05, 0.1) is 6.54 Å². The van der Waals surface area contributed by atoms with Gasteiger partial charge in [-0.05, 0) is 44.0 Å². The highest BCUT2D eigenvalue weighted by Crippen LogP contribution is 2.31. The first kappa shape index (κ1) is 16.9. The first-order valence-electron chi connectivity index (χ1n) is 8.71. The van der Waals surface area contributed by atoms with Crippen molar-refractivity contribution in [2.75, 3.05) is 18.4 Å². The van der Waals surface area contributed by atoms with Crippen LogP contribution in [0.5, 0.6) is 0 Å². The van der Waals surface area contributed by atoms with E-state index in [2.05, 4.69) is 20.7 Å². The number of aromatic nitrogens is 4. The molecular weight excluding hydrogens is 352 g/mol. The highest BCUT2D eigenvalue weighted by atomic mass is 32.1. The number of anilines is 1. The molecule has 9 heteroatoms. The monoisotopic (exact) mass is 372 g/mol. The lowest BCUT2D eigenvalue weighted by atomic mass is 9.97. The van der Waals surface area contributed by atoms with E-state index in [4.69, 9.17) is 0 Å². The van der Waals surface area contributed by atoms with Crippen molar-refractivity contribution < 1.29 is 4.79 Å². The minimum absolute atomic E-state index is 0.167. The predicted octanol–water partition coefficient (Wildman–Crippen LogP) is 1.45. The second kappa shape index (κ2) is 7.38. The van der Waals surface area contributed by atoms with Crippen molar-refractivity contribution >= 4 is 28.0 Å². The Morgan fingerprint density at radius 3 is 3.00 bits per heavy atom. The molecule has 1 amide bonds. The van der Waals surface area contributed by atoms with E-state index in [1.54, 1.807) is 18.3 Å². The number of hydrogen-bond donors (Lipinski definition) is 2. The molecule has 3 aromatic heterocycles. The summed E-state index contributed by atoms with van der Waals surface area (Å²) in [6.45, 7) is 2.29. The van der Waals surface area contributed by atoms with E-state index in [1.165, 1.54) is 25.3 Å². The van der Waals surface area contributed by atoms with Gasteiger partial charge in [-0.15, -0.1) is 16.4 Å². The van der Waals surface area contributed by atoms with Crippen molar-refractivity contribution in [3.05, 3.63) is 46.0 Å². The fourth-order valence-corrected chi connectivity index (χ4v) is 4.14. The molecule has 0 spiro atoms. The second-order valence-electron chi connectivity index (χ2n) is 6.32. The fraction of sp³-hybridized carbons (Fsp3) is 0.412. The largest absolute Gasteiger partial charge is 0.350 e. The van der Waals surface area contributed by atoms with Crippen LogP contribution in [0, 0.1) is 0 Å². The van der Waals surface area contributed by atoms with Gasteiger partial charge in [0.15, 0.2) is 10.8 Å². The molecule has 136 valence electrons. The highest BCUT2D eigenvalue weighted by Gasteiger charge is 2.18. The Kier molecular flexibility index (Phi) is 4.81. The van der Waals surface area contributed by atoms with E-state index < -0.39 is 0 Å². The van der Waals surface area contributed by atoms with Crippen LogP contribution >= 0.6 is 11.3 Å². The number of carbonyl (C=O) groups is 1. The molecule has 0 unspecified atom stereocenters. The van der Waals surface area contributed by atoms with Gasteiger partial charge in [0.2, 0.25) is 5.91 Å². The number of aryl methyl sites for hydroxylation is 1. The van der Waals surface area contributed by atoms with Crippen molar-refractivity contribution in [1.29, 1.82) is 0 Å². The SMILES string of the molecule is O=C(CCn1nc2ccccn2c1=O)Nc1ncc(C2CCNCC2)s1. The van der Waals surface area contributed by atoms with Crippen molar-refractivity contribution in [3.63, 3.8) is 0 Å². The van der Waals surface area contributed by atoms with Gasteiger partial charge in [0.25, 0.3) is 0 Å². The molecule has 26 heavy (non-hydrogen) atoms. The van der Waals surface area contributed by atoms with Crippen molar-refractivity contribution in [3.8, 4) is 0 Å². The molecule has 8 nitrogen and oxygen atoms in total. The molecule has 4 heterocycles. The third kappa shape index (κ3) is 3.54. The maximum Gasteiger partial charge on any atom is 0.350 e. The minimum Gasteiger partial charge on any atom is -0.317 e. The number of nitrogens with one attached hydrogen (secondary N) is 2. The lowest BCUT2D eigenvalue weighted by Crippen LogP contribution is -2.26. The number of carbonyl (C=O) groups excluding carboxylic acids is 1. The summed E-state index contributed by atoms with van der Waals surface area (Å²) in [5, 5.41) is 11.0. The zero-order chi connectivity index (χ0) is 17.9. The average molecular weight is 372 g/mol. The smallest absolute Gasteiger partial charge is 0.317 e. The Bertz CT molecular complexity index is 969. The third-order valence-electron chi connectivity index (χ3n) is 4.55. The van der Waals surface area contributed by atoms with Gasteiger partial charge in [-0.2, -0.15) is 0 Å². The van der Waals surface area contributed by atoms with Crippen LogP contribution in [0.1, 0.15) is 30.1 Å². The molecule has 1 saturated heterocycles. The van der Waals surface area contributed by atoms with E-state index in [0.29, 0.717) is 16.7 Å². The molecule has 0 aromatic carbocycles. The highest BCUT2D eigenvalue weighted by molar-refractivity contribution is 7.15. The molecule has 0 bridgehead atoms. The molecule has 1 aliphatic heterocycles. The van der Waals surface area contributed by atoms with Crippen LogP contribution in [0.25, 0.3) is 5.65 Å². The van der Waals surface area contributed by atoms with E-state index in [-0.39, 0.29) is 24.6 Å². The molecule has 0 atom stereocenters. The second-order valence-corrected chi connectivity index (χ2v) is 7.39.